The van der Waals surface area contributed by atoms with Crippen molar-refractivity contribution in [2.24, 2.45) is 11.1 Å². The van der Waals surface area contributed by atoms with E-state index in [1.807, 2.05) is 45.0 Å². The second kappa shape index (κ2) is 4.58. The van der Waals surface area contributed by atoms with Crippen LogP contribution in [0.3, 0.4) is 0 Å². The van der Waals surface area contributed by atoms with Crippen LogP contribution in [0.15, 0.2) is 24.3 Å². The fraction of sp³-hybridized carbons (Fsp3) is 0.462. The van der Waals surface area contributed by atoms with Gasteiger partial charge in [-0.15, -0.1) is 0 Å². The molecule has 0 aliphatic rings. The van der Waals surface area contributed by atoms with Crippen LogP contribution in [0.5, 0.6) is 0 Å². The maximum atomic E-state index is 11.9. The van der Waals surface area contributed by atoms with Crippen LogP contribution in [0.1, 0.15) is 31.9 Å². The highest BCUT2D eigenvalue weighted by Crippen LogP contribution is 2.19. The predicted octanol–water partition coefficient (Wildman–Crippen LogP) is 2.30. The summed E-state index contributed by atoms with van der Waals surface area (Å²) in [7, 11) is 0. The summed E-state index contributed by atoms with van der Waals surface area (Å²) < 4.78 is 0. The molecule has 2 N–H and O–H groups in total. The largest absolute Gasteiger partial charge is 0.326 e. The van der Waals surface area contributed by atoms with Gasteiger partial charge in [0.15, 0.2) is 0 Å². The van der Waals surface area contributed by atoms with E-state index in [1.165, 1.54) is 0 Å². The van der Waals surface area contributed by atoms with Gasteiger partial charge in [0, 0.05) is 18.4 Å². The molecule has 82 valence electrons. The van der Waals surface area contributed by atoms with Gasteiger partial charge in [-0.25, -0.2) is 0 Å². The van der Waals surface area contributed by atoms with E-state index in [0.29, 0.717) is 13.0 Å². The molecule has 0 bridgehead atoms. The SMILES string of the molecule is CC(C)(C)C(=O)Cc1ccccc1CN. The van der Waals surface area contributed by atoms with Crippen LogP contribution in [-0.4, -0.2) is 5.78 Å². The smallest absolute Gasteiger partial charge is 0.142 e. The molecule has 0 heterocycles. The van der Waals surface area contributed by atoms with Crippen molar-refractivity contribution in [3.05, 3.63) is 35.4 Å². The second-order valence-corrected chi connectivity index (χ2v) is 4.82. The highest BCUT2D eigenvalue weighted by Gasteiger charge is 2.21. The molecule has 15 heavy (non-hydrogen) atoms. The van der Waals surface area contributed by atoms with E-state index in [9.17, 15) is 4.79 Å². The predicted molar refractivity (Wildman–Crippen MR) is 62.5 cm³/mol. The van der Waals surface area contributed by atoms with Gasteiger partial charge in [0.2, 0.25) is 0 Å². The van der Waals surface area contributed by atoms with E-state index >= 15 is 0 Å². The fourth-order valence-electron chi connectivity index (χ4n) is 1.37. The molecule has 1 rings (SSSR count). The van der Waals surface area contributed by atoms with E-state index in [2.05, 4.69) is 0 Å². The molecule has 0 amide bonds. The van der Waals surface area contributed by atoms with E-state index in [-0.39, 0.29) is 11.2 Å². The lowest BCUT2D eigenvalue weighted by atomic mass is 9.86. The highest BCUT2D eigenvalue weighted by atomic mass is 16.1. The Balaban J connectivity index is 2.85. The maximum Gasteiger partial charge on any atom is 0.142 e. The average molecular weight is 205 g/mol. The molecule has 0 unspecified atom stereocenters. The van der Waals surface area contributed by atoms with Crippen molar-refractivity contribution >= 4 is 5.78 Å². The third-order valence-corrected chi connectivity index (χ3v) is 2.53. The minimum atomic E-state index is -0.276. The molecule has 0 saturated carbocycles. The molecule has 2 nitrogen and oxygen atoms in total. The number of rotatable bonds is 3. The Labute approximate surface area is 91.5 Å². The molecular formula is C13H19NO. The van der Waals surface area contributed by atoms with Crippen molar-refractivity contribution in [2.45, 2.75) is 33.7 Å². The molecule has 0 spiro atoms. The zero-order chi connectivity index (χ0) is 11.5. The van der Waals surface area contributed by atoms with Crippen LogP contribution in [0.2, 0.25) is 0 Å². The molecule has 0 atom stereocenters. The monoisotopic (exact) mass is 205 g/mol. The summed E-state index contributed by atoms with van der Waals surface area (Å²) in [5.74, 6) is 0.253. The first-order chi connectivity index (χ1) is 6.95. The van der Waals surface area contributed by atoms with Crippen molar-refractivity contribution in [1.29, 1.82) is 0 Å². The summed E-state index contributed by atoms with van der Waals surface area (Å²) >= 11 is 0. The first kappa shape index (κ1) is 11.9. The van der Waals surface area contributed by atoms with Gasteiger partial charge in [0.25, 0.3) is 0 Å². The Kier molecular flexibility index (Phi) is 3.64. The summed E-state index contributed by atoms with van der Waals surface area (Å²) in [6.45, 7) is 6.33. The van der Waals surface area contributed by atoms with E-state index in [0.717, 1.165) is 11.1 Å². The Morgan fingerprint density at radius 2 is 1.73 bits per heavy atom. The van der Waals surface area contributed by atoms with Crippen molar-refractivity contribution in [3.8, 4) is 0 Å². The minimum Gasteiger partial charge on any atom is -0.326 e. The summed E-state index contributed by atoms with van der Waals surface area (Å²) in [5.41, 5.74) is 7.47. The van der Waals surface area contributed by atoms with Crippen molar-refractivity contribution < 1.29 is 4.79 Å². The van der Waals surface area contributed by atoms with Gasteiger partial charge in [0.05, 0.1) is 0 Å². The molecule has 0 saturated heterocycles. The van der Waals surface area contributed by atoms with Crippen LogP contribution in [0, 0.1) is 5.41 Å². The van der Waals surface area contributed by atoms with Crippen LogP contribution in [0.25, 0.3) is 0 Å². The molecule has 0 aliphatic heterocycles. The minimum absolute atomic E-state index is 0.253. The molecule has 1 aromatic carbocycles. The number of hydrogen-bond acceptors (Lipinski definition) is 2. The molecule has 0 aliphatic carbocycles. The molecule has 1 aromatic rings. The average Bonchev–Trinajstić information content (AvgIpc) is 2.17. The van der Waals surface area contributed by atoms with Crippen molar-refractivity contribution in [2.75, 3.05) is 0 Å². The molecular weight excluding hydrogens is 186 g/mol. The van der Waals surface area contributed by atoms with Gasteiger partial charge < -0.3 is 5.73 Å². The Morgan fingerprint density at radius 1 is 1.20 bits per heavy atom. The number of carbonyl (C=O) groups excluding carboxylic acids is 1. The summed E-state index contributed by atoms with van der Waals surface area (Å²) in [4.78, 5) is 11.9. The third-order valence-electron chi connectivity index (χ3n) is 2.53. The number of carbonyl (C=O) groups is 1. The Bertz CT molecular complexity index is 350. The quantitative estimate of drug-likeness (QED) is 0.822. The Morgan fingerprint density at radius 3 is 2.20 bits per heavy atom. The summed E-state index contributed by atoms with van der Waals surface area (Å²) in [6.07, 6.45) is 0.483. The summed E-state index contributed by atoms with van der Waals surface area (Å²) in [6, 6.07) is 7.86. The normalized spacial score (nSPS) is 11.5. The lowest BCUT2D eigenvalue weighted by Gasteiger charge is -2.17. The molecule has 0 aromatic heterocycles. The van der Waals surface area contributed by atoms with Crippen molar-refractivity contribution in [1.82, 2.24) is 0 Å². The van der Waals surface area contributed by atoms with Gasteiger partial charge in [0.1, 0.15) is 5.78 Å². The van der Waals surface area contributed by atoms with Gasteiger partial charge in [-0.1, -0.05) is 45.0 Å². The topological polar surface area (TPSA) is 43.1 Å². The van der Waals surface area contributed by atoms with E-state index in [1.54, 1.807) is 0 Å². The Hall–Kier alpha value is -1.15. The highest BCUT2D eigenvalue weighted by molar-refractivity contribution is 5.85. The van der Waals surface area contributed by atoms with Gasteiger partial charge in [-0.2, -0.15) is 0 Å². The number of Topliss-reactive ketones (excluding diaryl/α,β-unsaturated/α-hetero) is 1. The number of hydrogen-bond donors (Lipinski definition) is 1. The lowest BCUT2D eigenvalue weighted by Crippen LogP contribution is -2.22. The molecule has 0 fully saturated rings. The molecule has 2 heteroatoms. The van der Waals surface area contributed by atoms with Crippen LogP contribution >= 0.6 is 0 Å². The first-order valence-electron chi connectivity index (χ1n) is 5.25. The van der Waals surface area contributed by atoms with E-state index in [4.69, 9.17) is 5.73 Å². The van der Waals surface area contributed by atoms with Crippen LogP contribution < -0.4 is 5.73 Å². The van der Waals surface area contributed by atoms with E-state index < -0.39 is 0 Å². The second-order valence-electron chi connectivity index (χ2n) is 4.82. The number of ketones is 1. The standard InChI is InChI=1S/C13H19NO/c1-13(2,3)12(15)8-10-6-4-5-7-11(10)9-14/h4-7H,8-9,14H2,1-3H3. The van der Waals surface area contributed by atoms with Gasteiger partial charge >= 0.3 is 0 Å². The van der Waals surface area contributed by atoms with Crippen molar-refractivity contribution in [3.63, 3.8) is 0 Å². The first-order valence-corrected chi connectivity index (χ1v) is 5.25. The maximum absolute atomic E-state index is 11.9. The fourth-order valence-corrected chi connectivity index (χ4v) is 1.37. The number of benzene rings is 1. The zero-order valence-electron chi connectivity index (χ0n) is 9.71. The van der Waals surface area contributed by atoms with Gasteiger partial charge in [-0.05, 0) is 11.1 Å². The number of nitrogens with two attached hydrogens (primary N) is 1. The zero-order valence-corrected chi connectivity index (χ0v) is 9.71. The molecule has 0 radical (unpaired) electrons. The lowest BCUT2D eigenvalue weighted by molar-refractivity contribution is -0.125. The van der Waals surface area contributed by atoms with Gasteiger partial charge in [-0.3, -0.25) is 4.79 Å². The van der Waals surface area contributed by atoms with Crippen LogP contribution in [0.4, 0.5) is 0 Å². The van der Waals surface area contributed by atoms with Crippen LogP contribution in [-0.2, 0) is 17.8 Å². The third kappa shape index (κ3) is 3.17. The summed E-state index contributed by atoms with van der Waals surface area (Å²) in [5, 5.41) is 0.